The summed E-state index contributed by atoms with van der Waals surface area (Å²) in [5.74, 6) is -2.15. The molecule has 1 aromatic carbocycles. The maximum atomic E-state index is 10.7. The van der Waals surface area contributed by atoms with Crippen molar-refractivity contribution < 1.29 is 14.7 Å². The molecule has 0 heterocycles. The zero-order chi connectivity index (χ0) is 8.97. The van der Waals surface area contributed by atoms with E-state index >= 15 is 0 Å². The Labute approximate surface area is 98.1 Å². The molecule has 63 valence electrons. The van der Waals surface area contributed by atoms with Gasteiger partial charge in [0.15, 0.2) is 0 Å². The number of rotatable bonds is 3. The number of hydrogen-bond acceptors (Lipinski definition) is 2. The van der Waals surface area contributed by atoms with E-state index in [4.69, 9.17) is 5.11 Å². The van der Waals surface area contributed by atoms with E-state index in [0.29, 0.717) is 0 Å². The second-order valence-electron chi connectivity index (χ2n) is 2.39. The fraction of sp³-hybridized carbons (Fsp3) is 0.111. The van der Waals surface area contributed by atoms with Crippen LogP contribution in [-0.2, 0) is 16.0 Å². The van der Waals surface area contributed by atoms with E-state index in [1.807, 2.05) is 6.07 Å². The third kappa shape index (κ3) is 4.22. The van der Waals surface area contributed by atoms with Crippen molar-refractivity contribution in [2.24, 2.45) is 0 Å². The molecule has 1 N–H and O–H groups in total. The molecular formula is C9H8NaO3. The van der Waals surface area contributed by atoms with E-state index in [-0.39, 0.29) is 36.0 Å². The first-order chi connectivity index (χ1) is 5.70. The van der Waals surface area contributed by atoms with Crippen LogP contribution in [0, 0.1) is 0 Å². The summed E-state index contributed by atoms with van der Waals surface area (Å²) in [5, 5.41) is 8.29. The molecule has 0 aliphatic heterocycles. The number of carbonyl (C=O) groups is 2. The summed E-state index contributed by atoms with van der Waals surface area (Å²) in [6.07, 6.45) is -0.0316. The average Bonchev–Trinajstić information content (AvgIpc) is 2.06. The molecule has 0 saturated carbocycles. The van der Waals surface area contributed by atoms with Crippen LogP contribution in [0.5, 0.6) is 0 Å². The maximum absolute atomic E-state index is 10.7. The predicted octanol–water partition coefficient (Wildman–Crippen LogP) is 0.502. The molecule has 0 aliphatic rings. The zero-order valence-corrected chi connectivity index (χ0v) is 9.36. The summed E-state index contributed by atoms with van der Waals surface area (Å²) in [4.78, 5) is 20.9. The second kappa shape index (κ2) is 5.91. The van der Waals surface area contributed by atoms with Gasteiger partial charge in [0, 0.05) is 36.0 Å². The van der Waals surface area contributed by atoms with Crippen LogP contribution in [0.25, 0.3) is 0 Å². The largest absolute Gasteiger partial charge is 0.475 e. The molecule has 0 atom stereocenters. The first-order valence-electron chi connectivity index (χ1n) is 3.50. The maximum Gasteiger partial charge on any atom is 0.372 e. The van der Waals surface area contributed by atoms with Crippen molar-refractivity contribution in [3.05, 3.63) is 35.9 Å². The van der Waals surface area contributed by atoms with E-state index < -0.39 is 11.8 Å². The summed E-state index contributed by atoms with van der Waals surface area (Å²) >= 11 is 0. The van der Waals surface area contributed by atoms with Crippen molar-refractivity contribution in [1.29, 1.82) is 0 Å². The standard InChI is InChI=1S/C9H8O3.Na/c10-8(9(11)12)6-7-4-2-1-3-5-7;/h1-5H,6H2,(H,11,12);. The Balaban J connectivity index is 0.00000144. The Bertz CT molecular complexity index is 295. The molecule has 0 bridgehead atoms. The van der Waals surface area contributed by atoms with Crippen LogP contribution in [0.2, 0.25) is 0 Å². The number of benzene rings is 1. The molecule has 0 aliphatic carbocycles. The smallest absolute Gasteiger partial charge is 0.372 e. The fourth-order valence-electron chi connectivity index (χ4n) is 0.857. The molecule has 1 aromatic rings. The zero-order valence-electron chi connectivity index (χ0n) is 7.36. The van der Waals surface area contributed by atoms with Gasteiger partial charge in [-0.2, -0.15) is 0 Å². The summed E-state index contributed by atoms with van der Waals surface area (Å²) in [6.45, 7) is 0. The summed E-state index contributed by atoms with van der Waals surface area (Å²) < 4.78 is 0. The number of ketones is 1. The number of carboxylic acids is 1. The van der Waals surface area contributed by atoms with Crippen LogP contribution in [0.3, 0.4) is 0 Å². The molecule has 0 aromatic heterocycles. The molecule has 0 unspecified atom stereocenters. The summed E-state index contributed by atoms with van der Waals surface area (Å²) in [5.41, 5.74) is 0.727. The number of Topliss-reactive ketones (excluding diaryl/α,β-unsaturated/α-hetero) is 1. The van der Waals surface area contributed by atoms with Crippen LogP contribution in [0.4, 0.5) is 0 Å². The minimum Gasteiger partial charge on any atom is -0.475 e. The van der Waals surface area contributed by atoms with Crippen molar-refractivity contribution in [3.63, 3.8) is 0 Å². The van der Waals surface area contributed by atoms with E-state index in [1.165, 1.54) is 0 Å². The fourth-order valence-corrected chi connectivity index (χ4v) is 0.857. The van der Waals surface area contributed by atoms with Crippen molar-refractivity contribution in [1.82, 2.24) is 0 Å². The molecule has 1 radical (unpaired) electrons. The van der Waals surface area contributed by atoms with E-state index in [1.54, 1.807) is 24.3 Å². The van der Waals surface area contributed by atoms with Gasteiger partial charge >= 0.3 is 5.97 Å². The van der Waals surface area contributed by atoms with Gasteiger partial charge in [-0.05, 0) is 5.56 Å². The third-order valence-corrected chi connectivity index (χ3v) is 1.45. The quantitative estimate of drug-likeness (QED) is 0.553. The monoisotopic (exact) mass is 187 g/mol. The number of carbonyl (C=O) groups excluding carboxylic acids is 1. The third-order valence-electron chi connectivity index (χ3n) is 1.45. The van der Waals surface area contributed by atoms with Crippen molar-refractivity contribution >= 4 is 41.3 Å². The van der Waals surface area contributed by atoms with Gasteiger partial charge in [0.25, 0.3) is 0 Å². The normalized spacial score (nSPS) is 8.62. The van der Waals surface area contributed by atoms with Crippen molar-refractivity contribution in [3.8, 4) is 0 Å². The molecule has 0 spiro atoms. The van der Waals surface area contributed by atoms with Crippen LogP contribution in [0.1, 0.15) is 5.56 Å². The molecule has 3 nitrogen and oxygen atoms in total. The van der Waals surface area contributed by atoms with Crippen LogP contribution in [-0.4, -0.2) is 46.4 Å². The first kappa shape index (κ1) is 12.4. The molecule has 13 heavy (non-hydrogen) atoms. The Hall–Kier alpha value is -0.640. The van der Waals surface area contributed by atoms with Crippen LogP contribution >= 0.6 is 0 Å². The minimum absolute atomic E-state index is 0. The van der Waals surface area contributed by atoms with Crippen molar-refractivity contribution in [2.75, 3.05) is 0 Å². The summed E-state index contributed by atoms with van der Waals surface area (Å²) in [7, 11) is 0. The first-order valence-corrected chi connectivity index (χ1v) is 3.50. The van der Waals surface area contributed by atoms with E-state index in [2.05, 4.69) is 0 Å². The van der Waals surface area contributed by atoms with Gasteiger partial charge in [-0.3, -0.25) is 4.79 Å². The molecule has 0 amide bonds. The second-order valence-corrected chi connectivity index (χ2v) is 2.39. The Morgan fingerprint density at radius 2 is 1.69 bits per heavy atom. The Kier molecular flexibility index (Phi) is 5.62. The summed E-state index contributed by atoms with van der Waals surface area (Å²) in [6, 6.07) is 8.80. The van der Waals surface area contributed by atoms with Gasteiger partial charge in [0.05, 0.1) is 0 Å². The van der Waals surface area contributed by atoms with Crippen LogP contribution in [0.15, 0.2) is 30.3 Å². The van der Waals surface area contributed by atoms with Gasteiger partial charge in [-0.15, -0.1) is 0 Å². The number of aliphatic carboxylic acids is 1. The van der Waals surface area contributed by atoms with Crippen LogP contribution < -0.4 is 0 Å². The molecule has 1 rings (SSSR count). The predicted molar refractivity (Wildman–Crippen MR) is 48.5 cm³/mol. The molecule has 0 saturated heterocycles. The Morgan fingerprint density at radius 1 is 1.15 bits per heavy atom. The number of hydrogen-bond donors (Lipinski definition) is 1. The number of carboxylic acid groups (broad SMARTS) is 1. The Morgan fingerprint density at radius 3 is 2.15 bits per heavy atom. The van der Waals surface area contributed by atoms with E-state index in [0.717, 1.165) is 5.56 Å². The SMILES string of the molecule is O=C(O)C(=O)Cc1ccccc1.[Na]. The van der Waals surface area contributed by atoms with Gasteiger partial charge in [0.2, 0.25) is 5.78 Å². The van der Waals surface area contributed by atoms with Crippen molar-refractivity contribution in [2.45, 2.75) is 6.42 Å². The van der Waals surface area contributed by atoms with Gasteiger partial charge < -0.3 is 5.11 Å². The average molecular weight is 187 g/mol. The van der Waals surface area contributed by atoms with Gasteiger partial charge in [0.1, 0.15) is 0 Å². The molecule has 4 heteroatoms. The van der Waals surface area contributed by atoms with E-state index in [9.17, 15) is 9.59 Å². The van der Waals surface area contributed by atoms with Gasteiger partial charge in [-0.1, -0.05) is 30.3 Å². The van der Waals surface area contributed by atoms with Gasteiger partial charge in [-0.25, -0.2) is 4.79 Å². The topological polar surface area (TPSA) is 54.4 Å². The molecular weight excluding hydrogens is 179 g/mol. The minimum atomic E-state index is -1.38. The molecule has 0 fully saturated rings.